The van der Waals surface area contributed by atoms with Crippen LogP contribution in [0.4, 0.5) is 0 Å². The van der Waals surface area contributed by atoms with Crippen LogP contribution in [0, 0.1) is 22.7 Å². The van der Waals surface area contributed by atoms with Crippen molar-refractivity contribution in [3.63, 3.8) is 0 Å². The molecular weight excluding hydrogens is 500 g/mol. The number of nitrogens with zero attached hydrogens (tertiary/aromatic N) is 2. The molecule has 0 aliphatic carbocycles. The molecule has 2 aromatic rings. The third kappa shape index (κ3) is 14.2. The molecule has 0 fully saturated rings. The average molecular weight is 557 g/mol. The van der Waals surface area contributed by atoms with Gasteiger partial charge in [-0.05, 0) is 36.1 Å². The highest BCUT2D eigenvalue weighted by molar-refractivity contribution is 5.40. The Bertz CT molecular complexity index is 936. The summed E-state index contributed by atoms with van der Waals surface area (Å²) >= 11 is 0. The maximum Gasteiger partial charge on any atom is 0.0994 e. The predicted octanol–water partition coefficient (Wildman–Crippen LogP) is 11.4. The summed E-state index contributed by atoms with van der Waals surface area (Å²) in [4.78, 5) is 0. The van der Waals surface area contributed by atoms with E-state index in [-0.39, 0.29) is 11.8 Å². The van der Waals surface area contributed by atoms with Gasteiger partial charge >= 0.3 is 0 Å². The first-order valence-electron chi connectivity index (χ1n) is 16.8. The fourth-order valence-corrected chi connectivity index (χ4v) is 5.97. The highest BCUT2D eigenvalue weighted by Crippen LogP contribution is 2.30. The molecule has 0 saturated heterocycles. The van der Waals surface area contributed by atoms with Gasteiger partial charge < -0.3 is 4.74 Å². The van der Waals surface area contributed by atoms with Crippen molar-refractivity contribution >= 4 is 0 Å². The van der Waals surface area contributed by atoms with E-state index in [0.29, 0.717) is 13.2 Å². The Morgan fingerprint density at radius 1 is 0.512 bits per heavy atom. The van der Waals surface area contributed by atoms with Crippen LogP contribution in [0.3, 0.4) is 0 Å². The van der Waals surface area contributed by atoms with Crippen LogP contribution in [0.5, 0.6) is 0 Å². The van der Waals surface area contributed by atoms with Crippen molar-refractivity contribution in [2.24, 2.45) is 0 Å². The van der Waals surface area contributed by atoms with Gasteiger partial charge in [-0.25, -0.2) is 0 Å². The lowest BCUT2D eigenvalue weighted by Crippen LogP contribution is -2.15. The maximum atomic E-state index is 9.78. The van der Waals surface area contributed by atoms with Crippen LogP contribution in [0.15, 0.2) is 48.5 Å². The Hall–Kier alpha value is -2.62. The number of benzene rings is 2. The molecule has 2 aromatic carbocycles. The topological polar surface area (TPSA) is 56.8 Å². The Balaban J connectivity index is 1.96. The van der Waals surface area contributed by atoms with E-state index in [1.54, 1.807) is 0 Å². The van der Waals surface area contributed by atoms with Crippen LogP contribution in [0.2, 0.25) is 0 Å². The minimum Gasteiger partial charge on any atom is -0.380 e. The summed E-state index contributed by atoms with van der Waals surface area (Å²) in [7, 11) is 0. The minimum atomic E-state index is 0.223. The van der Waals surface area contributed by atoms with Crippen molar-refractivity contribution in [1.82, 2.24) is 0 Å². The first-order chi connectivity index (χ1) is 20.2. The monoisotopic (exact) mass is 556 g/mol. The standard InChI is InChI=1S/C38H56N2O/c1-3-5-7-9-11-13-15-17-25-35(37-27-21-19-23-33(37)29-39)31-41-32-36(38-28-22-20-24-34(38)30-40)26-18-16-14-12-10-8-6-4-2/h19-24,27-28,35-36H,3-18,25-26,31-32H2,1-2H3. The first kappa shape index (κ1) is 34.6. The van der Waals surface area contributed by atoms with E-state index in [0.717, 1.165) is 35.1 Å². The van der Waals surface area contributed by atoms with Crippen molar-refractivity contribution in [3.8, 4) is 12.1 Å². The largest absolute Gasteiger partial charge is 0.380 e. The number of unbranched alkanes of at least 4 members (excludes halogenated alkanes) is 14. The summed E-state index contributed by atoms with van der Waals surface area (Å²) in [5, 5.41) is 19.6. The van der Waals surface area contributed by atoms with Gasteiger partial charge in [0, 0.05) is 11.8 Å². The van der Waals surface area contributed by atoms with Gasteiger partial charge in [-0.1, -0.05) is 153 Å². The Kier molecular flexibility index (Phi) is 19.4. The Morgan fingerprint density at radius 2 is 0.854 bits per heavy atom. The van der Waals surface area contributed by atoms with Crippen LogP contribution in [-0.4, -0.2) is 13.2 Å². The smallest absolute Gasteiger partial charge is 0.0994 e. The molecule has 41 heavy (non-hydrogen) atoms. The molecule has 2 rings (SSSR count). The van der Waals surface area contributed by atoms with Crippen molar-refractivity contribution in [3.05, 3.63) is 70.8 Å². The molecular formula is C38H56N2O. The van der Waals surface area contributed by atoms with Gasteiger partial charge in [0.1, 0.15) is 0 Å². The van der Waals surface area contributed by atoms with Crippen molar-refractivity contribution in [1.29, 1.82) is 10.5 Å². The van der Waals surface area contributed by atoms with Crippen LogP contribution >= 0.6 is 0 Å². The number of hydrogen-bond donors (Lipinski definition) is 0. The summed E-state index contributed by atoms with van der Waals surface area (Å²) in [6.07, 6.45) is 22.9. The summed E-state index contributed by atoms with van der Waals surface area (Å²) in [5.41, 5.74) is 3.78. The summed E-state index contributed by atoms with van der Waals surface area (Å²) in [6.45, 7) is 5.78. The number of ether oxygens (including phenoxy) is 1. The summed E-state index contributed by atoms with van der Waals surface area (Å²) in [5.74, 6) is 0.446. The number of rotatable bonds is 24. The molecule has 0 heterocycles. The van der Waals surface area contributed by atoms with Crippen LogP contribution < -0.4 is 0 Å². The molecule has 0 aliphatic rings. The van der Waals surface area contributed by atoms with Crippen LogP contribution in [0.1, 0.15) is 164 Å². The average Bonchev–Trinajstić information content (AvgIpc) is 3.01. The first-order valence-corrected chi connectivity index (χ1v) is 16.8. The zero-order chi connectivity index (χ0) is 29.4. The van der Waals surface area contributed by atoms with E-state index in [4.69, 9.17) is 4.74 Å². The van der Waals surface area contributed by atoms with E-state index < -0.39 is 0 Å². The molecule has 0 N–H and O–H groups in total. The van der Waals surface area contributed by atoms with E-state index in [1.807, 2.05) is 36.4 Å². The van der Waals surface area contributed by atoms with Crippen LogP contribution in [0.25, 0.3) is 0 Å². The van der Waals surface area contributed by atoms with E-state index in [1.165, 1.54) is 103 Å². The zero-order valence-electron chi connectivity index (χ0n) is 26.2. The molecule has 0 amide bonds. The molecule has 224 valence electrons. The molecule has 0 aliphatic heterocycles. The molecule has 3 nitrogen and oxygen atoms in total. The normalized spacial score (nSPS) is 12.5. The quantitative estimate of drug-likeness (QED) is 0.121. The highest BCUT2D eigenvalue weighted by atomic mass is 16.5. The molecule has 2 unspecified atom stereocenters. The Morgan fingerprint density at radius 3 is 1.22 bits per heavy atom. The molecule has 3 heteroatoms. The van der Waals surface area contributed by atoms with Gasteiger partial charge in [-0.2, -0.15) is 10.5 Å². The Labute approximate surface area is 252 Å². The van der Waals surface area contributed by atoms with Gasteiger partial charge in [0.05, 0.1) is 36.5 Å². The van der Waals surface area contributed by atoms with E-state index in [2.05, 4.69) is 38.1 Å². The van der Waals surface area contributed by atoms with Gasteiger partial charge in [0.2, 0.25) is 0 Å². The SMILES string of the molecule is CCCCCCCCCCC(COCC(CCCCCCCCCC)c1ccccc1C#N)c1ccccc1C#N. The van der Waals surface area contributed by atoms with Gasteiger partial charge in [0.15, 0.2) is 0 Å². The summed E-state index contributed by atoms with van der Waals surface area (Å²) in [6, 6.07) is 20.9. The molecule has 0 aromatic heterocycles. The highest BCUT2D eigenvalue weighted by Gasteiger charge is 2.19. The van der Waals surface area contributed by atoms with Gasteiger partial charge in [-0.3, -0.25) is 0 Å². The number of nitriles is 2. The van der Waals surface area contributed by atoms with Crippen molar-refractivity contribution in [2.75, 3.05) is 13.2 Å². The fraction of sp³-hybridized carbons (Fsp3) is 0.632. The lowest BCUT2D eigenvalue weighted by atomic mass is 9.89. The van der Waals surface area contributed by atoms with Crippen LogP contribution in [-0.2, 0) is 4.74 Å². The molecule has 0 bridgehead atoms. The molecule has 0 saturated carbocycles. The molecule has 0 radical (unpaired) electrons. The predicted molar refractivity (Wildman–Crippen MR) is 173 cm³/mol. The van der Waals surface area contributed by atoms with Crippen molar-refractivity contribution in [2.45, 2.75) is 141 Å². The second-order valence-corrected chi connectivity index (χ2v) is 11.9. The minimum absolute atomic E-state index is 0.223. The summed E-state index contributed by atoms with van der Waals surface area (Å²) < 4.78 is 6.49. The third-order valence-electron chi connectivity index (χ3n) is 8.49. The zero-order valence-corrected chi connectivity index (χ0v) is 26.2. The lowest BCUT2D eigenvalue weighted by Gasteiger charge is -2.23. The van der Waals surface area contributed by atoms with Crippen molar-refractivity contribution < 1.29 is 4.74 Å². The fourth-order valence-electron chi connectivity index (χ4n) is 5.97. The van der Waals surface area contributed by atoms with E-state index >= 15 is 0 Å². The molecule has 0 spiro atoms. The van der Waals surface area contributed by atoms with E-state index in [9.17, 15) is 10.5 Å². The maximum absolute atomic E-state index is 9.78. The van der Waals surface area contributed by atoms with Gasteiger partial charge in [-0.15, -0.1) is 0 Å². The van der Waals surface area contributed by atoms with Gasteiger partial charge in [0.25, 0.3) is 0 Å². The second-order valence-electron chi connectivity index (χ2n) is 11.9. The third-order valence-corrected chi connectivity index (χ3v) is 8.49. The molecule has 2 atom stereocenters. The lowest BCUT2D eigenvalue weighted by molar-refractivity contribution is 0.101. The second kappa shape index (κ2) is 23.0. The number of hydrogen-bond acceptors (Lipinski definition) is 3.